The van der Waals surface area contributed by atoms with Crippen molar-refractivity contribution in [1.29, 1.82) is 0 Å². The topological polar surface area (TPSA) is 81.9 Å². The number of hydrogen-bond acceptors (Lipinski definition) is 5. The van der Waals surface area contributed by atoms with Crippen molar-refractivity contribution < 1.29 is 19.1 Å². The highest BCUT2D eigenvalue weighted by atomic mass is 16.6. The van der Waals surface area contributed by atoms with Crippen LogP contribution in [0.25, 0.3) is 0 Å². The molecule has 0 bridgehead atoms. The van der Waals surface area contributed by atoms with E-state index in [2.05, 4.69) is 9.47 Å². The van der Waals surface area contributed by atoms with E-state index in [1.165, 1.54) is 0 Å². The summed E-state index contributed by atoms with van der Waals surface area (Å²) in [6, 6.07) is 0. The van der Waals surface area contributed by atoms with E-state index in [0.29, 0.717) is 5.01 Å². The third-order valence-electron chi connectivity index (χ3n) is 1.07. The first-order valence-electron chi connectivity index (χ1n) is 4.30. The molecule has 0 atom stereocenters. The molecule has 0 radical (unpaired) electrons. The smallest absolute Gasteiger partial charge is 0.434 e. The largest absolute Gasteiger partial charge is 0.445 e. The lowest BCUT2D eigenvalue weighted by Gasteiger charge is -2.17. The fourth-order valence-electron chi connectivity index (χ4n) is 0.591. The van der Waals surface area contributed by atoms with Crippen molar-refractivity contribution in [2.24, 2.45) is 5.84 Å². The Morgan fingerprint density at radius 1 is 1.00 bits per heavy atom. The summed E-state index contributed by atoms with van der Waals surface area (Å²) in [5.41, 5.74) is 0. The summed E-state index contributed by atoms with van der Waals surface area (Å²) in [4.78, 5) is 22.1. The number of hydrazine groups is 1. The van der Waals surface area contributed by atoms with Gasteiger partial charge >= 0.3 is 12.2 Å². The molecule has 14 heavy (non-hydrogen) atoms. The molecule has 2 N–H and O–H groups in total. The molecule has 0 rings (SSSR count). The van der Waals surface area contributed by atoms with Crippen LogP contribution in [0.3, 0.4) is 0 Å². The quantitative estimate of drug-likeness (QED) is 0.416. The number of carbonyl (C=O) groups is 2. The molecule has 0 aromatic heterocycles. The maximum Gasteiger partial charge on any atom is 0.434 e. The van der Waals surface area contributed by atoms with E-state index >= 15 is 0 Å². The highest BCUT2D eigenvalue weighted by Gasteiger charge is 2.22. The second-order valence-electron chi connectivity index (χ2n) is 3.24. The highest BCUT2D eigenvalue weighted by Crippen LogP contribution is 1.98. The van der Waals surface area contributed by atoms with Crippen molar-refractivity contribution in [3.05, 3.63) is 0 Å². The fraction of sp³-hybridized carbons (Fsp3) is 0.750. The molecule has 0 aromatic rings. The molecule has 6 nitrogen and oxygen atoms in total. The van der Waals surface area contributed by atoms with Gasteiger partial charge in [0.15, 0.2) is 0 Å². The van der Waals surface area contributed by atoms with E-state index in [9.17, 15) is 9.59 Å². The molecule has 0 fully saturated rings. The monoisotopic (exact) mass is 204 g/mol. The third kappa shape index (κ3) is 4.66. The Bertz CT molecular complexity index is 193. The summed E-state index contributed by atoms with van der Waals surface area (Å²) in [6.07, 6.45) is -2.52. The summed E-state index contributed by atoms with van der Waals surface area (Å²) in [5.74, 6) is 5.14. The average Bonchev–Trinajstić information content (AvgIpc) is 2.00. The molecule has 0 aliphatic carbocycles. The zero-order valence-corrected chi connectivity index (χ0v) is 8.81. The number of imide groups is 1. The zero-order chi connectivity index (χ0) is 11.3. The average molecular weight is 204 g/mol. The van der Waals surface area contributed by atoms with Crippen LogP contribution in [0.4, 0.5) is 9.59 Å². The molecule has 0 heterocycles. The molecule has 0 unspecified atom stereocenters. The molecule has 0 aromatic carbocycles. The van der Waals surface area contributed by atoms with Crippen molar-refractivity contribution in [3.8, 4) is 0 Å². The number of ether oxygens (including phenoxy) is 2. The molecule has 0 saturated heterocycles. The predicted octanol–water partition coefficient (Wildman–Crippen LogP) is 1.25. The number of hydrogen-bond donors (Lipinski definition) is 1. The Hall–Kier alpha value is -1.30. The van der Waals surface area contributed by atoms with Crippen LogP contribution in [0.5, 0.6) is 0 Å². The van der Waals surface area contributed by atoms with Gasteiger partial charge in [0.25, 0.3) is 0 Å². The van der Waals surface area contributed by atoms with E-state index in [4.69, 9.17) is 5.84 Å². The summed E-state index contributed by atoms with van der Waals surface area (Å²) in [7, 11) is 0. The van der Waals surface area contributed by atoms with Gasteiger partial charge in [-0.15, -0.1) is 5.01 Å². The Morgan fingerprint density at radius 3 is 1.50 bits per heavy atom. The van der Waals surface area contributed by atoms with E-state index in [0.717, 1.165) is 0 Å². The van der Waals surface area contributed by atoms with Gasteiger partial charge in [-0.3, -0.25) is 0 Å². The Labute approximate surface area is 82.9 Å². The van der Waals surface area contributed by atoms with Crippen LogP contribution in [0, 0.1) is 0 Å². The van der Waals surface area contributed by atoms with E-state index in [-0.39, 0.29) is 12.2 Å². The van der Waals surface area contributed by atoms with Gasteiger partial charge in [-0.2, -0.15) is 0 Å². The standard InChI is InChI=1S/C8H16N2O4/c1-5(2)13-7(11)10(9)8(12)14-6(3)4/h5-6H,9H2,1-4H3. The first kappa shape index (κ1) is 12.7. The summed E-state index contributed by atoms with van der Waals surface area (Å²) in [5, 5.41) is 0.306. The molecule has 6 heteroatoms. The SMILES string of the molecule is CC(C)OC(=O)N(N)C(=O)OC(C)C. The highest BCUT2D eigenvalue weighted by molar-refractivity contribution is 5.86. The predicted molar refractivity (Wildman–Crippen MR) is 49.3 cm³/mol. The summed E-state index contributed by atoms with van der Waals surface area (Å²) < 4.78 is 9.35. The molecule has 0 saturated carbocycles. The zero-order valence-electron chi connectivity index (χ0n) is 8.81. The van der Waals surface area contributed by atoms with Gasteiger partial charge in [0.1, 0.15) is 0 Å². The van der Waals surface area contributed by atoms with Crippen molar-refractivity contribution >= 4 is 12.2 Å². The van der Waals surface area contributed by atoms with Crippen molar-refractivity contribution in [3.63, 3.8) is 0 Å². The lowest BCUT2D eigenvalue weighted by Crippen LogP contribution is -2.44. The second kappa shape index (κ2) is 5.43. The van der Waals surface area contributed by atoms with Crippen molar-refractivity contribution in [1.82, 2.24) is 5.01 Å². The van der Waals surface area contributed by atoms with Crippen LogP contribution in [0.2, 0.25) is 0 Å². The third-order valence-corrected chi connectivity index (χ3v) is 1.07. The summed E-state index contributed by atoms with van der Waals surface area (Å²) >= 11 is 0. The van der Waals surface area contributed by atoms with Gasteiger partial charge in [0, 0.05) is 0 Å². The van der Waals surface area contributed by atoms with Crippen LogP contribution in [0.15, 0.2) is 0 Å². The van der Waals surface area contributed by atoms with E-state index in [1.54, 1.807) is 27.7 Å². The van der Waals surface area contributed by atoms with Gasteiger partial charge in [0.2, 0.25) is 0 Å². The van der Waals surface area contributed by atoms with Gasteiger partial charge in [-0.25, -0.2) is 15.4 Å². The van der Waals surface area contributed by atoms with Gasteiger partial charge < -0.3 is 9.47 Å². The van der Waals surface area contributed by atoms with Gasteiger partial charge in [-0.1, -0.05) is 0 Å². The van der Waals surface area contributed by atoms with Gasteiger partial charge in [-0.05, 0) is 27.7 Å². The number of nitrogens with two attached hydrogens (primary N) is 1. The minimum absolute atomic E-state index is 0.306. The Kier molecular flexibility index (Phi) is 4.93. The first-order valence-corrected chi connectivity index (χ1v) is 4.30. The maximum atomic E-state index is 11.1. The van der Waals surface area contributed by atoms with E-state index < -0.39 is 12.2 Å². The van der Waals surface area contributed by atoms with Crippen LogP contribution in [-0.4, -0.2) is 29.4 Å². The van der Waals surface area contributed by atoms with Crippen LogP contribution >= 0.6 is 0 Å². The molecule has 0 spiro atoms. The van der Waals surface area contributed by atoms with Crippen molar-refractivity contribution in [2.75, 3.05) is 0 Å². The lowest BCUT2D eigenvalue weighted by atomic mass is 10.5. The second-order valence-corrected chi connectivity index (χ2v) is 3.24. The molecule has 82 valence electrons. The van der Waals surface area contributed by atoms with Gasteiger partial charge in [0.05, 0.1) is 12.2 Å². The van der Waals surface area contributed by atoms with Crippen LogP contribution in [0.1, 0.15) is 27.7 Å². The minimum Gasteiger partial charge on any atom is -0.445 e. The number of nitrogens with zero attached hydrogens (tertiary/aromatic N) is 1. The van der Waals surface area contributed by atoms with Crippen LogP contribution < -0.4 is 5.84 Å². The van der Waals surface area contributed by atoms with E-state index in [1.807, 2.05) is 0 Å². The molecular weight excluding hydrogens is 188 g/mol. The number of rotatable bonds is 2. The van der Waals surface area contributed by atoms with Crippen LogP contribution in [-0.2, 0) is 9.47 Å². The first-order chi connectivity index (χ1) is 6.34. The lowest BCUT2D eigenvalue weighted by molar-refractivity contribution is 0.0508. The number of carbonyl (C=O) groups excluding carboxylic acids is 2. The number of amides is 2. The Morgan fingerprint density at radius 2 is 1.29 bits per heavy atom. The molecule has 2 amide bonds. The van der Waals surface area contributed by atoms with Crippen molar-refractivity contribution in [2.45, 2.75) is 39.9 Å². The summed E-state index contributed by atoms with van der Waals surface area (Å²) in [6.45, 7) is 6.61. The molecule has 0 aliphatic rings. The minimum atomic E-state index is -0.925. The molecular formula is C8H16N2O4. The Balaban J connectivity index is 4.11. The maximum absolute atomic E-state index is 11.1. The fourth-order valence-corrected chi connectivity index (χ4v) is 0.591. The molecule has 0 aliphatic heterocycles. The normalized spacial score (nSPS) is 10.2.